The topological polar surface area (TPSA) is 32.8 Å². The number of nitrogens with zero attached hydrogens (tertiary/aromatic N) is 2. The molecule has 0 atom stereocenters. The number of urea groups is 1. The molecule has 2 aliphatic rings. The predicted molar refractivity (Wildman–Crippen MR) is 77.9 cm³/mol. The number of fused-ring (bicyclic) bond motifs is 1. The number of rotatable bonds is 1. The second kappa shape index (κ2) is 5.04. The van der Waals surface area contributed by atoms with Gasteiger partial charge in [-0.05, 0) is 46.8 Å². The van der Waals surface area contributed by atoms with Gasteiger partial charge in [0.25, 0.3) is 0 Å². The SMILES string of the molecule is COc1cc2c(cc1Br)CCN2C(=O)N1CCCC1. The number of amides is 2. The molecule has 1 aromatic carbocycles. The summed E-state index contributed by atoms with van der Waals surface area (Å²) in [5.74, 6) is 0.778. The van der Waals surface area contributed by atoms with E-state index in [1.165, 1.54) is 5.56 Å². The first-order valence-corrected chi connectivity index (χ1v) is 7.43. The van der Waals surface area contributed by atoms with Crippen molar-refractivity contribution in [2.45, 2.75) is 19.3 Å². The number of carbonyl (C=O) groups excluding carboxylic acids is 1. The number of halogens is 1. The zero-order valence-corrected chi connectivity index (χ0v) is 12.6. The smallest absolute Gasteiger partial charge is 0.324 e. The summed E-state index contributed by atoms with van der Waals surface area (Å²) in [5.41, 5.74) is 2.21. The van der Waals surface area contributed by atoms with Crippen molar-refractivity contribution < 1.29 is 9.53 Å². The van der Waals surface area contributed by atoms with Crippen molar-refractivity contribution in [2.24, 2.45) is 0 Å². The van der Waals surface area contributed by atoms with Crippen LogP contribution >= 0.6 is 15.9 Å². The second-order valence-corrected chi connectivity index (χ2v) is 5.85. The van der Waals surface area contributed by atoms with E-state index < -0.39 is 0 Å². The average Bonchev–Trinajstić information content (AvgIpc) is 3.06. The summed E-state index contributed by atoms with van der Waals surface area (Å²) >= 11 is 3.49. The van der Waals surface area contributed by atoms with E-state index >= 15 is 0 Å². The van der Waals surface area contributed by atoms with Gasteiger partial charge in [0.05, 0.1) is 17.3 Å². The molecule has 5 heteroatoms. The standard InChI is InChI=1S/C14H17BrN2O2/c1-19-13-9-12-10(8-11(13)15)4-7-17(12)14(18)16-5-2-3-6-16/h8-9H,2-7H2,1H3. The van der Waals surface area contributed by atoms with Crippen molar-refractivity contribution in [3.8, 4) is 5.75 Å². The molecular formula is C14H17BrN2O2. The lowest BCUT2D eigenvalue weighted by Crippen LogP contribution is -2.40. The molecule has 4 nitrogen and oxygen atoms in total. The monoisotopic (exact) mass is 324 g/mol. The van der Waals surface area contributed by atoms with E-state index in [-0.39, 0.29) is 6.03 Å². The van der Waals surface area contributed by atoms with Gasteiger partial charge in [-0.2, -0.15) is 0 Å². The van der Waals surface area contributed by atoms with E-state index in [9.17, 15) is 4.79 Å². The number of hydrogen-bond donors (Lipinski definition) is 0. The van der Waals surface area contributed by atoms with Crippen LogP contribution in [-0.2, 0) is 6.42 Å². The average molecular weight is 325 g/mol. The van der Waals surface area contributed by atoms with Crippen LogP contribution in [-0.4, -0.2) is 37.7 Å². The van der Waals surface area contributed by atoms with Crippen LogP contribution in [0.15, 0.2) is 16.6 Å². The minimum absolute atomic E-state index is 0.139. The number of ether oxygens (including phenoxy) is 1. The fraction of sp³-hybridized carbons (Fsp3) is 0.500. The summed E-state index contributed by atoms with van der Waals surface area (Å²) < 4.78 is 6.27. The number of benzene rings is 1. The van der Waals surface area contributed by atoms with Gasteiger partial charge >= 0.3 is 6.03 Å². The molecule has 0 saturated carbocycles. The van der Waals surface area contributed by atoms with E-state index in [1.54, 1.807) is 7.11 Å². The fourth-order valence-electron chi connectivity index (χ4n) is 2.82. The molecule has 0 aliphatic carbocycles. The molecule has 0 bridgehead atoms. The minimum atomic E-state index is 0.139. The third kappa shape index (κ3) is 2.20. The van der Waals surface area contributed by atoms with Gasteiger partial charge < -0.3 is 9.64 Å². The highest BCUT2D eigenvalue weighted by Gasteiger charge is 2.30. The highest BCUT2D eigenvalue weighted by atomic mass is 79.9. The van der Waals surface area contributed by atoms with Gasteiger partial charge in [0.2, 0.25) is 0 Å². The largest absolute Gasteiger partial charge is 0.495 e. The highest BCUT2D eigenvalue weighted by molar-refractivity contribution is 9.10. The molecule has 3 rings (SSSR count). The summed E-state index contributed by atoms with van der Waals surface area (Å²) in [6, 6.07) is 4.16. The molecule has 1 saturated heterocycles. The van der Waals surface area contributed by atoms with Gasteiger partial charge in [-0.1, -0.05) is 0 Å². The van der Waals surface area contributed by atoms with Crippen molar-refractivity contribution in [1.29, 1.82) is 0 Å². The number of anilines is 1. The minimum Gasteiger partial charge on any atom is -0.495 e. The normalized spacial score (nSPS) is 17.8. The molecule has 0 spiro atoms. The number of carbonyl (C=O) groups is 1. The van der Waals surface area contributed by atoms with Crippen LogP contribution in [0.4, 0.5) is 10.5 Å². The van der Waals surface area contributed by atoms with Crippen molar-refractivity contribution in [3.05, 3.63) is 22.2 Å². The first kappa shape index (κ1) is 12.8. The quantitative estimate of drug-likeness (QED) is 0.795. The number of hydrogen-bond acceptors (Lipinski definition) is 2. The molecule has 2 aliphatic heterocycles. The second-order valence-electron chi connectivity index (χ2n) is 4.99. The Labute approximate surface area is 121 Å². The third-order valence-electron chi connectivity index (χ3n) is 3.86. The molecule has 0 aromatic heterocycles. The number of likely N-dealkylation sites (tertiary alicyclic amines) is 1. The Morgan fingerprint density at radius 1 is 1.26 bits per heavy atom. The lowest BCUT2D eigenvalue weighted by Gasteiger charge is -2.24. The van der Waals surface area contributed by atoms with Gasteiger partial charge in [-0.15, -0.1) is 0 Å². The maximum atomic E-state index is 12.5. The Hall–Kier alpha value is -1.23. The van der Waals surface area contributed by atoms with Crippen LogP contribution in [0.2, 0.25) is 0 Å². The molecule has 2 amide bonds. The zero-order valence-electron chi connectivity index (χ0n) is 11.0. The van der Waals surface area contributed by atoms with Gasteiger partial charge in [0.15, 0.2) is 0 Å². The molecule has 0 radical (unpaired) electrons. The maximum Gasteiger partial charge on any atom is 0.324 e. The van der Waals surface area contributed by atoms with E-state index in [1.807, 2.05) is 15.9 Å². The van der Waals surface area contributed by atoms with Crippen LogP contribution in [0.3, 0.4) is 0 Å². The maximum absolute atomic E-state index is 12.5. The van der Waals surface area contributed by atoms with Crippen molar-refractivity contribution in [1.82, 2.24) is 4.90 Å². The molecule has 2 heterocycles. The van der Waals surface area contributed by atoms with Crippen LogP contribution in [0.5, 0.6) is 5.75 Å². The Morgan fingerprint density at radius 3 is 2.68 bits per heavy atom. The Kier molecular flexibility index (Phi) is 3.39. The molecule has 1 fully saturated rings. The Balaban J connectivity index is 1.90. The van der Waals surface area contributed by atoms with Crippen molar-refractivity contribution in [2.75, 3.05) is 31.6 Å². The summed E-state index contributed by atoms with van der Waals surface area (Å²) in [6.07, 6.45) is 3.16. The lowest BCUT2D eigenvalue weighted by molar-refractivity contribution is 0.216. The summed E-state index contributed by atoms with van der Waals surface area (Å²) in [7, 11) is 1.65. The van der Waals surface area contributed by atoms with E-state index in [0.29, 0.717) is 0 Å². The first-order valence-electron chi connectivity index (χ1n) is 6.63. The predicted octanol–water partition coefficient (Wildman–Crippen LogP) is 3.04. The molecule has 1 aromatic rings. The van der Waals surface area contributed by atoms with Gasteiger partial charge in [0.1, 0.15) is 5.75 Å². The molecular weight excluding hydrogens is 308 g/mol. The van der Waals surface area contributed by atoms with Crippen molar-refractivity contribution in [3.63, 3.8) is 0 Å². The molecule has 0 N–H and O–H groups in total. The fourth-order valence-corrected chi connectivity index (χ4v) is 3.37. The molecule has 0 unspecified atom stereocenters. The van der Waals surface area contributed by atoms with Crippen LogP contribution < -0.4 is 9.64 Å². The first-order chi connectivity index (χ1) is 9.20. The van der Waals surface area contributed by atoms with Crippen LogP contribution in [0.1, 0.15) is 18.4 Å². The van der Waals surface area contributed by atoms with Crippen molar-refractivity contribution >= 4 is 27.6 Å². The number of methoxy groups -OCH3 is 1. The third-order valence-corrected chi connectivity index (χ3v) is 4.48. The van der Waals surface area contributed by atoms with Gasteiger partial charge in [0, 0.05) is 25.7 Å². The highest BCUT2D eigenvalue weighted by Crippen LogP contribution is 2.37. The summed E-state index contributed by atoms with van der Waals surface area (Å²) in [6.45, 7) is 2.54. The Bertz CT molecular complexity index is 512. The Morgan fingerprint density at radius 2 is 2.00 bits per heavy atom. The lowest BCUT2D eigenvalue weighted by atomic mass is 10.1. The molecule has 19 heavy (non-hydrogen) atoms. The van der Waals surface area contributed by atoms with E-state index in [0.717, 1.165) is 54.8 Å². The van der Waals surface area contributed by atoms with Crippen LogP contribution in [0.25, 0.3) is 0 Å². The van der Waals surface area contributed by atoms with E-state index in [4.69, 9.17) is 4.74 Å². The van der Waals surface area contributed by atoms with Gasteiger partial charge in [-0.3, -0.25) is 4.90 Å². The zero-order chi connectivity index (χ0) is 13.4. The van der Waals surface area contributed by atoms with E-state index in [2.05, 4.69) is 22.0 Å². The summed E-state index contributed by atoms with van der Waals surface area (Å²) in [5, 5.41) is 0. The van der Waals surface area contributed by atoms with Gasteiger partial charge in [-0.25, -0.2) is 4.79 Å². The van der Waals surface area contributed by atoms with Crippen LogP contribution in [0, 0.1) is 0 Å². The summed E-state index contributed by atoms with van der Waals surface area (Å²) in [4.78, 5) is 16.3. The molecule has 102 valence electrons.